The van der Waals surface area contributed by atoms with Crippen LogP contribution < -0.4 is 16.0 Å². The lowest BCUT2D eigenvalue weighted by molar-refractivity contribution is -0.0179. The number of ether oxygens (including phenoxy) is 1. The molecule has 1 aromatic carbocycles. The highest BCUT2D eigenvalue weighted by molar-refractivity contribution is 14.0. The molecule has 0 saturated carbocycles. The molecule has 28 heavy (non-hydrogen) atoms. The lowest BCUT2D eigenvalue weighted by atomic mass is 10.1. The number of nitrogens with one attached hydrogen (secondary N) is 3. The molecule has 1 unspecified atom stereocenters. The summed E-state index contributed by atoms with van der Waals surface area (Å²) in [5.74, 6) is 0.750. The maximum atomic E-state index is 10.7. The number of hydrogen-bond acceptors (Lipinski definition) is 5. The molecular weight excluding hydrogens is 469 g/mol. The monoisotopic (exact) mass is 505 g/mol. The van der Waals surface area contributed by atoms with Crippen LogP contribution in [0.25, 0.3) is 0 Å². The minimum absolute atomic E-state index is 0. The Labute approximate surface area is 186 Å². The first-order valence-electron chi connectivity index (χ1n) is 9.93. The Morgan fingerprint density at radius 1 is 1.18 bits per heavy atom. The molecule has 0 bridgehead atoms. The summed E-state index contributed by atoms with van der Waals surface area (Å²) in [6.45, 7) is 10.6. The summed E-state index contributed by atoms with van der Waals surface area (Å²) in [5, 5.41) is 20.6. The summed E-state index contributed by atoms with van der Waals surface area (Å²) in [4.78, 5) is 6.80. The Hall–Kier alpha value is -1.10. The van der Waals surface area contributed by atoms with E-state index in [-0.39, 0.29) is 24.0 Å². The minimum Gasteiger partial charge on any atom is -0.387 e. The Morgan fingerprint density at radius 2 is 1.89 bits per heavy atom. The Morgan fingerprint density at radius 3 is 2.57 bits per heavy atom. The van der Waals surface area contributed by atoms with Gasteiger partial charge in [-0.25, -0.2) is 0 Å². The normalized spacial score (nSPS) is 17.3. The van der Waals surface area contributed by atoms with E-state index in [9.17, 15) is 5.11 Å². The second kappa shape index (κ2) is 14.0. The van der Waals surface area contributed by atoms with Crippen molar-refractivity contribution >= 4 is 35.6 Å². The van der Waals surface area contributed by atoms with Crippen molar-refractivity contribution in [3.8, 4) is 0 Å². The number of benzene rings is 1. The third-order valence-electron chi connectivity index (χ3n) is 4.34. The van der Waals surface area contributed by atoms with Crippen LogP contribution in [0.4, 0.5) is 5.69 Å². The summed E-state index contributed by atoms with van der Waals surface area (Å²) in [5.41, 5.74) is 0.284. The number of nitrogens with zero attached hydrogens (tertiary/aromatic N) is 2. The van der Waals surface area contributed by atoms with Crippen LogP contribution in [0.15, 0.2) is 35.3 Å². The number of hydrogen-bond donors (Lipinski definition) is 4. The molecule has 1 aromatic rings. The molecule has 8 heteroatoms. The quantitative estimate of drug-likeness (QED) is 0.168. The van der Waals surface area contributed by atoms with Crippen LogP contribution in [0.1, 0.15) is 20.3 Å². The number of guanidine groups is 1. The molecule has 4 N–H and O–H groups in total. The van der Waals surface area contributed by atoms with Gasteiger partial charge in [0.25, 0.3) is 0 Å². The van der Waals surface area contributed by atoms with Gasteiger partial charge in [0.05, 0.1) is 25.4 Å². The van der Waals surface area contributed by atoms with E-state index in [1.54, 1.807) is 0 Å². The molecule has 1 aliphatic heterocycles. The van der Waals surface area contributed by atoms with E-state index in [0.717, 1.165) is 64.0 Å². The molecule has 1 saturated heterocycles. The lowest BCUT2D eigenvalue weighted by Gasteiger charge is -2.33. The van der Waals surface area contributed by atoms with Crippen LogP contribution in [0.3, 0.4) is 0 Å². The fraction of sp³-hybridized carbons (Fsp3) is 0.650. The van der Waals surface area contributed by atoms with Gasteiger partial charge in [-0.15, -0.1) is 24.0 Å². The summed E-state index contributed by atoms with van der Waals surface area (Å²) >= 11 is 0. The molecule has 7 nitrogen and oxygen atoms in total. The van der Waals surface area contributed by atoms with Crippen LogP contribution >= 0.6 is 24.0 Å². The predicted octanol–water partition coefficient (Wildman–Crippen LogP) is 1.74. The van der Waals surface area contributed by atoms with Gasteiger partial charge in [0, 0.05) is 45.0 Å². The van der Waals surface area contributed by atoms with E-state index in [2.05, 4.69) is 38.0 Å². The van der Waals surface area contributed by atoms with Crippen LogP contribution in [-0.2, 0) is 4.74 Å². The fourth-order valence-electron chi connectivity index (χ4n) is 2.97. The van der Waals surface area contributed by atoms with Crippen molar-refractivity contribution in [3.63, 3.8) is 0 Å². The van der Waals surface area contributed by atoms with Crippen molar-refractivity contribution in [3.05, 3.63) is 30.3 Å². The van der Waals surface area contributed by atoms with Gasteiger partial charge in [-0.05, 0) is 32.4 Å². The zero-order valence-electron chi connectivity index (χ0n) is 17.1. The summed E-state index contributed by atoms with van der Waals surface area (Å²) < 4.78 is 5.36. The minimum atomic E-state index is -0.853. The van der Waals surface area contributed by atoms with Gasteiger partial charge in [0.2, 0.25) is 0 Å². The molecule has 0 radical (unpaired) electrons. The molecule has 2 rings (SSSR count). The predicted molar refractivity (Wildman–Crippen MR) is 127 cm³/mol. The highest BCUT2D eigenvalue weighted by Gasteiger charge is 2.25. The standard InChI is InChI=1S/C20H35N5O2.HI/c1-3-21-19(23-11-7-10-22-18-8-5-4-6-9-18)24-16-20(2,26)17-25-12-14-27-15-13-25;/h4-6,8-9,22,26H,3,7,10-17H2,1-2H3,(H2,21,23,24);1H. The van der Waals surface area contributed by atoms with Crippen LogP contribution in [0, 0.1) is 0 Å². The molecule has 0 aromatic heterocycles. The number of aliphatic hydroxyl groups is 1. The van der Waals surface area contributed by atoms with Gasteiger partial charge >= 0.3 is 0 Å². The first kappa shape index (κ1) is 24.9. The third-order valence-corrected chi connectivity index (χ3v) is 4.34. The van der Waals surface area contributed by atoms with Crippen molar-refractivity contribution in [2.24, 2.45) is 4.99 Å². The highest BCUT2D eigenvalue weighted by atomic mass is 127. The molecule has 0 spiro atoms. The average molecular weight is 505 g/mol. The maximum absolute atomic E-state index is 10.7. The number of para-hydroxylation sites is 1. The van der Waals surface area contributed by atoms with Crippen molar-refractivity contribution in [1.82, 2.24) is 15.5 Å². The molecule has 1 heterocycles. The summed E-state index contributed by atoms with van der Waals surface area (Å²) in [6, 6.07) is 10.2. The van der Waals surface area contributed by atoms with E-state index in [0.29, 0.717) is 13.1 Å². The number of rotatable bonds is 10. The molecule has 0 aliphatic carbocycles. The number of aliphatic imine (C=N–C) groups is 1. The molecular formula is C20H36IN5O2. The SMILES string of the molecule is CCNC(=NCC(C)(O)CN1CCOCC1)NCCCNc1ccccc1.I. The van der Waals surface area contributed by atoms with Gasteiger partial charge < -0.3 is 25.8 Å². The van der Waals surface area contributed by atoms with Gasteiger partial charge in [-0.1, -0.05) is 18.2 Å². The van der Waals surface area contributed by atoms with Gasteiger partial charge in [-0.2, -0.15) is 0 Å². The van der Waals surface area contributed by atoms with Crippen molar-refractivity contribution in [2.75, 3.05) is 64.3 Å². The van der Waals surface area contributed by atoms with Crippen molar-refractivity contribution < 1.29 is 9.84 Å². The van der Waals surface area contributed by atoms with E-state index >= 15 is 0 Å². The number of halogens is 1. The molecule has 160 valence electrons. The maximum Gasteiger partial charge on any atom is 0.191 e. The van der Waals surface area contributed by atoms with Gasteiger partial charge in [0.15, 0.2) is 5.96 Å². The first-order valence-corrected chi connectivity index (χ1v) is 9.93. The topological polar surface area (TPSA) is 81.2 Å². The van der Waals surface area contributed by atoms with E-state index < -0.39 is 5.60 Å². The van der Waals surface area contributed by atoms with Crippen LogP contribution in [0.2, 0.25) is 0 Å². The summed E-state index contributed by atoms with van der Waals surface area (Å²) in [6.07, 6.45) is 0.976. The van der Waals surface area contributed by atoms with Crippen LogP contribution in [-0.4, -0.2) is 80.6 Å². The third kappa shape index (κ3) is 10.4. The zero-order valence-corrected chi connectivity index (χ0v) is 19.4. The number of β-amino-alcohol motifs (C(OH)–C–C–N with tert-alkyl or cyclic N) is 1. The second-order valence-electron chi connectivity index (χ2n) is 7.15. The molecule has 1 atom stereocenters. The highest BCUT2D eigenvalue weighted by Crippen LogP contribution is 2.09. The van der Waals surface area contributed by atoms with Crippen molar-refractivity contribution in [2.45, 2.75) is 25.9 Å². The molecule has 1 aliphatic rings. The molecule has 0 amide bonds. The van der Waals surface area contributed by atoms with E-state index in [4.69, 9.17) is 4.74 Å². The largest absolute Gasteiger partial charge is 0.387 e. The van der Waals surface area contributed by atoms with Gasteiger partial charge in [-0.3, -0.25) is 9.89 Å². The average Bonchev–Trinajstić information content (AvgIpc) is 2.67. The Balaban J connectivity index is 0.00000392. The smallest absolute Gasteiger partial charge is 0.191 e. The van der Waals surface area contributed by atoms with Crippen LogP contribution in [0.5, 0.6) is 0 Å². The Kier molecular flexibility index (Phi) is 12.4. The zero-order chi connectivity index (χ0) is 19.4. The lowest BCUT2D eigenvalue weighted by Crippen LogP contribution is -2.48. The van der Waals surface area contributed by atoms with E-state index in [1.165, 1.54) is 0 Å². The fourth-order valence-corrected chi connectivity index (χ4v) is 2.97. The second-order valence-corrected chi connectivity index (χ2v) is 7.15. The summed E-state index contributed by atoms with van der Waals surface area (Å²) in [7, 11) is 0. The van der Waals surface area contributed by atoms with Crippen molar-refractivity contribution in [1.29, 1.82) is 0 Å². The Bertz CT molecular complexity index is 551. The first-order chi connectivity index (χ1) is 13.1. The molecule has 1 fully saturated rings. The van der Waals surface area contributed by atoms with E-state index in [1.807, 2.05) is 32.0 Å². The number of anilines is 1. The number of morpholine rings is 1. The van der Waals surface area contributed by atoms with Gasteiger partial charge in [0.1, 0.15) is 0 Å².